The van der Waals surface area contributed by atoms with Gasteiger partial charge in [-0.15, -0.1) is 0 Å². The van der Waals surface area contributed by atoms with Crippen LogP contribution in [0.2, 0.25) is 0 Å². The van der Waals surface area contributed by atoms with Crippen molar-refractivity contribution in [3.63, 3.8) is 0 Å². The fourth-order valence-corrected chi connectivity index (χ4v) is 1.69. The number of benzene rings is 1. The molecular formula is C14H22N4O2. The number of hydrogen-bond acceptors (Lipinski definition) is 4. The smallest absolute Gasteiger partial charge is 0.252 e. The summed E-state index contributed by atoms with van der Waals surface area (Å²) < 4.78 is 0. The summed E-state index contributed by atoms with van der Waals surface area (Å²) in [7, 11) is 3.81. The molecule has 0 saturated heterocycles. The Labute approximate surface area is 119 Å². The Morgan fingerprint density at radius 3 is 2.65 bits per heavy atom. The van der Waals surface area contributed by atoms with Gasteiger partial charge in [0.15, 0.2) is 5.84 Å². The second-order valence-electron chi connectivity index (χ2n) is 5.07. The zero-order valence-corrected chi connectivity index (χ0v) is 12.3. The van der Waals surface area contributed by atoms with E-state index in [1.54, 1.807) is 19.1 Å². The van der Waals surface area contributed by atoms with Gasteiger partial charge in [-0.2, -0.15) is 0 Å². The summed E-state index contributed by atoms with van der Waals surface area (Å²) in [6, 6.07) is 7.25. The summed E-state index contributed by atoms with van der Waals surface area (Å²) >= 11 is 0. The first kappa shape index (κ1) is 15.8. The van der Waals surface area contributed by atoms with Crippen LogP contribution in [0, 0.1) is 0 Å². The van der Waals surface area contributed by atoms with Gasteiger partial charge in [-0.1, -0.05) is 18.1 Å². The van der Waals surface area contributed by atoms with E-state index in [2.05, 4.69) is 10.5 Å². The summed E-state index contributed by atoms with van der Waals surface area (Å²) in [6.45, 7) is 3.57. The molecule has 110 valence electrons. The zero-order chi connectivity index (χ0) is 15.3. The van der Waals surface area contributed by atoms with Crippen LogP contribution in [-0.4, -0.2) is 36.6 Å². The second-order valence-corrected chi connectivity index (χ2v) is 5.07. The van der Waals surface area contributed by atoms with Crippen molar-refractivity contribution < 1.29 is 10.0 Å². The molecular weight excluding hydrogens is 256 g/mol. The molecule has 0 radical (unpaired) electrons. The van der Waals surface area contributed by atoms with Crippen LogP contribution in [0.3, 0.4) is 0 Å². The van der Waals surface area contributed by atoms with Crippen molar-refractivity contribution in [3.05, 3.63) is 29.8 Å². The quantitative estimate of drug-likeness (QED) is 0.328. The number of hydrogen-bond donors (Lipinski definition) is 3. The Balaban J connectivity index is 2.99. The van der Waals surface area contributed by atoms with E-state index in [0.29, 0.717) is 12.0 Å². The van der Waals surface area contributed by atoms with Crippen LogP contribution in [-0.2, 0) is 0 Å². The molecule has 6 heteroatoms. The number of carbonyl (C=O) groups is 1. The van der Waals surface area contributed by atoms with E-state index in [-0.39, 0.29) is 11.7 Å². The minimum Gasteiger partial charge on any atom is -0.409 e. The van der Waals surface area contributed by atoms with Gasteiger partial charge in [0, 0.05) is 25.3 Å². The van der Waals surface area contributed by atoms with Crippen molar-refractivity contribution in [1.82, 2.24) is 5.32 Å². The van der Waals surface area contributed by atoms with Crippen molar-refractivity contribution in [2.75, 3.05) is 19.0 Å². The van der Waals surface area contributed by atoms with E-state index < -0.39 is 5.54 Å². The van der Waals surface area contributed by atoms with Crippen molar-refractivity contribution >= 4 is 17.4 Å². The van der Waals surface area contributed by atoms with E-state index >= 15 is 0 Å². The number of rotatable bonds is 5. The summed E-state index contributed by atoms with van der Waals surface area (Å²) in [5, 5.41) is 14.6. The highest BCUT2D eigenvalue weighted by Gasteiger charge is 2.30. The van der Waals surface area contributed by atoms with Crippen LogP contribution in [0.15, 0.2) is 29.4 Å². The number of nitrogens with zero attached hydrogens (tertiary/aromatic N) is 2. The molecule has 0 aromatic heterocycles. The van der Waals surface area contributed by atoms with E-state index in [0.717, 1.165) is 5.69 Å². The largest absolute Gasteiger partial charge is 0.409 e. The number of amides is 1. The van der Waals surface area contributed by atoms with Crippen LogP contribution in [0.4, 0.5) is 5.69 Å². The van der Waals surface area contributed by atoms with Gasteiger partial charge in [0.05, 0.1) is 5.54 Å². The number of nitrogens with one attached hydrogen (secondary N) is 1. The SMILES string of the molecule is CCC(C)(NC(=O)c1cccc(N(C)C)c1)/C(N)=N/O. The average Bonchev–Trinajstić information content (AvgIpc) is 2.46. The molecule has 0 aliphatic rings. The molecule has 1 atom stereocenters. The standard InChI is InChI=1S/C14H22N4O2/c1-5-14(2,13(15)17-20)16-12(19)10-7-6-8-11(9-10)18(3)4/h6-9,20H,5H2,1-4H3,(H2,15,17)(H,16,19). The summed E-state index contributed by atoms with van der Waals surface area (Å²) in [5.74, 6) is -0.276. The van der Waals surface area contributed by atoms with Crippen molar-refractivity contribution in [3.8, 4) is 0 Å². The normalized spacial score (nSPS) is 14.5. The lowest BCUT2D eigenvalue weighted by molar-refractivity contribution is 0.0925. The second kappa shape index (κ2) is 6.27. The van der Waals surface area contributed by atoms with Gasteiger partial charge in [-0.3, -0.25) is 4.79 Å². The average molecular weight is 278 g/mol. The van der Waals surface area contributed by atoms with Crippen LogP contribution >= 0.6 is 0 Å². The van der Waals surface area contributed by atoms with Gasteiger partial charge in [0.1, 0.15) is 0 Å². The van der Waals surface area contributed by atoms with E-state index in [4.69, 9.17) is 10.9 Å². The predicted molar refractivity (Wildman–Crippen MR) is 80.3 cm³/mol. The van der Waals surface area contributed by atoms with Gasteiger partial charge in [-0.05, 0) is 31.5 Å². The third-order valence-corrected chi connectivity index (χ3v) is 3.39. The van der Waals surface area contributed by atoms with Crippen molar-refractivity contribution in [2.24, 2.45) is 10.9 Å². The fraction of sp³-hybridized carbons (Fsp3) is 0.429. The highest BCUT2D eigenvalue weighted by Crippen LogP contribution is 2.15. The lowest BCUT2D eigenvalue weighted by atomic mass is 9.96. The van der Waals surface area contributed by atoms with Gasteiger partial charge in [-0.25, -0.2) is 0 Å². The minimum atomic E-state index is -0.875. The topological polar surface area (TPSA) is 91.0 Å². The highest BCUT2D eigenvalue weighted by molar-refractivity contribution is 6.00. The van der Waals surface area contributed by atoms with Gasteiger partial charge >= 0.3 is 0 Å². The first-order valence-electron chi connectivity index (χ1n) is 6.42. The first-order valence-corrected chi connectivity index (χ1v) is 6.42. The monoisotopic (exact) mass is 278 g/mol. The van der Waals surface area contributed by atoms with Gasteiger partial charge in [0.25, 0.3) is 5.91 Å². The maximum Gasteiger partial charge on any atom is 0.252 e. The predicted octanol–water partition coefficient (Wildman–Crippen LogP) is 1.40. The Morgan fingerprint density at radius 1 is 1.50 bits per heavy atom. The number of oxime groups is 1. The molecule has 0 aliphatic heterocycles. The third-order valence-electron chi connectivity index (χ3n) is 3.39. The molecule has 0 aliphatic carbocycles. The Bertz CT molecular complexity index is 514. The molecule has 1 rings (SSSR count). The molecule has 1 amide bonds. The molecule has 1 aromatic rings. The van der Waals surface area contributed by atoms with Gasteiger partial charge in [0.2, 0.25) is 0 Å². The third kappa shape index (κ3) is 3.40. The van der Waals surface area contributed by atoms with E-state index in [9.17, 15) is 4.79 Å². The highest BCUT2D eigenvalue weighted by atomic mass is 16.4. The molecule has 0 spiro atoms. The van der Waals surface area contributed by atoms with Crippen LogP contribution in [0.5, 0.6) is 0 Å². The summed E-state index contributed by atoms with van der Waals surface area (Å²) in [4.78, 5) is 14.2. The van der Waals surface area contributed by atoms with E-state index in [1.165, 1.54) is 0 Å². The number of nitrogens with two attached hydrogens (primary N) is 1. The summed E-state index contributed by atoms with van der Waals surface area (Å²) in [6.07, 6.45) is 0.516. The molecule has 0 fully saturated rings. The van der Waals surface area contributed by atoms with E-state index in [1.807, 2.05) is 38.1 Å². The maximum atomic E-state index is 12.3. The first-order chi connectivity index (χ1) is 9.34. The lowest BCUT2D eigenvalue weighted by Crippen LogP contribution is -2.55. The number of anilines is 1. The van der Waals surface area contributed by atoms with Crippen LogP contribution < -0.4 is 16.0 Å². The molecule has 1 aromatic carbocycles. The molecule has 20 heavy (non-hydrogen) atoms. The maximum absolute atomic E-state index is 12.3. The number of amidine groups is 1. The summed E-state index contributed by atoms with van der Waals surface area (Å²) in [5.41, 5.74) is 6.23. The van der Waals surface area contributed by atoms with Crippen LogP contribution in [0.25, 0.3) is 0 Å². The Morgan fingerprint density at radius 2 is 2.15 bits per heavy atom. The molecule has 0 saturated carbocycles. The Kier molecular flexibility index (Phi) is 4.96. The van der Waals surface area contributed by atoms with Crippen molar-refractivity contribution in [2.45, 2.75) is 25.8 Å². The molecule has 1 unspecified atom stereocenters. The van der Waals surface area contributed by atoms with Crippen LogP contribution in [0.1, 0.15) is 30.6 Å². The molecule has 0 heterocycles. The lowest BCUT2D eigenvalue weighted by Gasteiger charge is -2.28. The molecule has 4 N–H and O–H groups in total. The zero-order valence-electron chi connectivity index (χ0n) is 12.3. The molecule has 6 nitrogen and oxygen atoms in total. The Hall–Kier alpha value is -2.24. The van der Waals surface area contributed by atoms with Gasteiger partial charge < -0.3 is 21.2 Å². The minimum absolute atomic E-state index is 0.0166. The molecule has 0 bridgehead atoms. The fourth-order valence-electron chi connectivity index (χ4n) is 1.69. The number of carbonyl (C=O) groups excluding carboxylic acids is 1. The van der Waals surface area contributed by atoms with Crippen molar-refractivity contribution in [1.29, 1.82) is 0 Å².